The van der Waals surface area contributed by atoms with Crippen molar-refractivity contribution in [3.8, 4) is 11.5 Å². The highest BCUT2D eigenvalue weighted by Gasteiger charge is 2.24. The van der Waals surface area contributed by atoms with Crippen molar-refractivity contribution in [2.45, 2.75) is 58.0 Å². The molecule has 0 amide bonds. The first-order chi connectivity index (χ1) is 15.6. The molecule has 1 aliphatic carbocycles. The summed E-state index contributed by atoms with van der Waals surface area (Å²) in [4.78, 5) is 16.7. The molecule has 3 aromatic rings. The number of hydrogen-bond acceptors (Lipinski definition) is 6. The third-order valence-electron chi connectivity index (χ3n) is 5.84. The van der Waals surface area contributed by atoms with E-state index in [1.165, 1.54) is 7.11 Å². The fourth-order valence-corrected chi connectivity index (χ4v) is 4.15. The normalized spacial score (nSPS) is 18.4. The molecule has 2 atom stereocenters. The molecule has 168 valence electrons. The Morgan fingerprint density at radius 2 is 1.78 bits per heavy atom. The summed E-state index contributed by atoms with van der Waals surface area (Å²) in [6, 6.07) is 15.6. The number of rotatable bonds is 8. The SMILES string of the molecule is COC(=O)c1c(C)cccc1CO[C@@H]1CCCC(OCc2coc(-c3ccccc3)n2)C1. The molecular weight excluding hydrogens is 406 g/mol. The van der Waals surface area contributed by atoms with E-state index in [-0.39, 0.29) is 18.2 Å². The van der Waals surface area contributed by atoms with Crippen molar-refractivity contribution >= 4 is 5.97 Å². The molecule has 0 spiro atoms. The number of methoxy groups -OCH3 is 1. The zero-order chi connectivity index (χ0) is 22.3. The van der Waals surface area contributed by atoms with E-state index in [9.17, 15) is 4.79 Å². The van der Waals surface area contributed by atoms with Crippen LogP contribution in [0.5, 0.6) is 0 Å². The maximum atomic E-state index is 12.2. The number of ether oxygens (including phenoxy) is 3. The van der Waals surface area contributed by atoms with Gasteiger partial charge in [-0.2, -0.15) is 0 Å². The molecule has 0 radical (unpaired) electrons. The molecule has 1 aromatic heterocycles. The third kappa shape index (κ3) is 5.44. The number of carbonyl (C=O) groups is 1. The Kier molecular flexibility index (Phi) is 7.35. The van der Waals surface area contributed by atoms with Crippen LogP contribution in [0.3, 0.4) is 0 Å². The topological polar surface area (TPSA) is 70.8 Å². The number of oxazole rings is 1. The second-order valence-corrected chi connectivity index (χ2v) is 8.14. The van der Waals surface area contributed by atoms with Crippen LogP contribution < -0.4 is 0 Å². The van der Waals surface area contributed by atoms with Crippen LogP contribution in [0.2, 0.25) is 0 Å². The predicted molar refractivity (Wildman–Crippen MR) is 120 cm³/mol. The Morgan fingerprint density at radius 1 is 1.03 bits per heavy atom. The van der Waals surface area contributed by atoms with Crippen LogP contribution >= 0.6 is 0 Å². The van der Waals surface area contributed by atoms with E-state index in [4.69, 9.17) is 18.6 Å². The Bertz CT molecular complexity index is 1030. The summed E-state index contributed by atoms with van der Waals surface area (Å²) in [6.07, 6.45) is 5.72. The van der Waals surface area contributed by atoms with Gasteiger partial charge in [0.2, 0.25) is 5.89 Å². The standard InChI is InChI=1S/C26H29NO5/c1-18-8-6-11-20(24(18)26(28)29-2)15-30-22-12-7-13-23(14-22)31-16-21-17-32-25(27-21)19-9-4-3-5-10-19/h3-6,8-11,17,22-23H,7,12-16H2,1-2H3/t22-,23?/m1/s1. The van der Waals surface area contributed by atoms with E-state index in [1.54, 1.807) is 6.26 Å². The molecule has 0 bridgehead atoms. The van der Waals surface area contributed by atoms with Gasteiger partial charge in [0.25, 0.3) is 0 Å². The number of carbonyl (C=O) groups excluding carboxylic acids is 1. The number of aromatic nitrogens is 1. The predicted octanol–water partition coefficient (Wildman–Crippen LogP) is 5.48. The van der Waals surface area contributed by atoms with Crippen LogP contribution in [0.1, 0.15) is 52.9 Å². The molecule has 0 aliphatic heterocycles. The molecule has 0 saturated heterocycles. The van der Waals surface area contributed by atoms with Gasteiger partial charge >= 0.3 is 5.97 Å². The maximum absolute atomic E-state index is 12.2. The van der Waals surface area contributed by atoms with Gasteiger partial charge in [0.15, 0.2) is 0 Å². The average Bonchev–Trinajstić information content (AvgIpc) is 3.31. The van der Waals surface area contributed by atoms with E-state index in [2.05, 4.69) is 4.98 Å². The first-order valence-corrected chi connectivity index (χ1v) is 11.0. The molecular formula is C26H29NO5. The van der Waals surface area contributed by atoms with Gasteiger partial charge in [-0.1, -0.05) is 36.4 Å². The Balaban J connectivity index is 1.30. The molecule has 1 saturated carbocycles. The fraction of sp³-hybridized carbons (Fsp3) is 0.385. The summed E-state index contributed by atoms with van der Waals surface area (Å²) in [5.74, 6) is 0.280. The third-order valence-corrected chi connectivity index (χ3v) is 5.84. The lowest BCUT2D eigenvalue weighted by atomic mass is 9.94. The van der Waals surface area contributed by atoms with Crippen LogP contribution in [0.25, 0.3) is 11.5 Å². The van der Waals surface area contributed by atoms with Gasteiger partial charge < -0.3 is 18.6 Å². The zero-order valence-electron chi connectivity index (χ0n) is 18.6. The summed E-state index contributed by atoms with van der Waals surface area (Å²) >= 11 is 0. The lowest BCUT2D eigenvalue weighted by Crippen LogP contribution is -2.28. The molecule has 1 unspecified atom stereocenters. The quantitative estimate of drug-likeness (QED) is 0.436. The van der Waals surface area contributed by atoms with Crippen molar-refractivity contribution in [3.63, 3.8) is 0 Å². The van der Waals surface area contributed by atoms with Crippen molar-refractivity contribution < 1.29 is 23.4 Å². The van der Waals surface area contributed by atoms with E-state index in [0.717, 1.165) is 48.1 Å². The Labute approximate surface area is 188 Å². The van der Waals surface area contributed by atoms with Crippen LogP contribution in [0.4, 0.5) is 0 Å². The maximum Gasteiger partial charge on any atom is 0.338 e. The molecule has 1 fully saturated rings. The number of nitrogens with zero attached hydrogens (tertiary/aromatic N) is 1. The number of benzene rings is 2. The fourth-order valence-electron chi connectivity index (χ4n) is 4.15. The van der Waals surface area contributed by atoms with E-state index < -0.39 is 0 Å². The highest BCUT2D eigenvalue weighted by Crippen LogP contribution is 2.27. The van der Waals surface area contributed by atoms with Crippen LogP contribution in [-0.4, -0.2) is 30.3 Å². The van der Waals surface area contributed by atoms with Gasteiger partial charge in [-0.05, 0) is 55.9 Å². The molecule has 1 heterocycles. The highest BCUT2D eigenvalue weighted by atomic mass is 16.5. The number of hydrogen-bond donors (Lipinski definition) is 0. The van der Waals surface area contributed by atoms with Gasteiger partial charge in [0.05, 0.1) is 38.1 Å². The zero-order valence-corrected chi connectivity index (χ0v) is 18.6. The van der Waals surface area contributed by atoms with Crippen LogP contribution in [-0.2, 0) is 27.4 Å². The van der Waals surface area contributed by atoms with Gasteiger partial charge in [0, 0.05) is 5.56 Å². The minimum Gasteiger partial charge on any atom is -0.465 e. The minimum atomic E-state index is -0.325. The monoisotopic (exact) mass is 435 g/mol. The lowest BCUT2D eigenvalue weighted by Gasteiger charge is -2.29. The molecule has 6 heteroatoms. The van der Waals surface area contributed by atoms with Gasteiger partial charge in [-0.3, -0.25) is 0 Å². The molecule has 0 N–H and O–H groups in total. The summed E-state index contributed by atoms with van der Waals surface area (Å²) in [7, 11) is 1.40. The second-order valence-electron chi connectivity index (χ2n) is 8.14. The van der Waals surface area contributed by atoms with Gasteiger partial charge in [-0.15, -0.1) is 0 Å². The van der Waals surface area contributed by atoms with Gasteiger partial charge in [-0.25, -0.2) is 9.78 Å². The van der Waals surface area contributed by atoms with Crippen molar-refractivity contribution in [1.82, 2.24) is 4.98 Å². The summed E-state index contributed by atoms with van der Waals surface area (Å²) in [5.41, 5.74) is 4.09. The van der Waals surface area contributed by atoms with Crippen molar-refractivity contribution in [2.24, 2.45) is 0 Å². The van der Waals surface area contributed by atoms with Crippen LogP contribution in [0, 0.1) is 6.92 Å². The molecule has 32 heavy (non-hydrogen) atoms. The van der Waals surface area contributed by atoms with E-state index >= 15 is 0 Å². The first kappa shape index (κ1) is 22.2. The van der Waals surface area contributed by atoms with Gasteiger partial charge in [0.1, 0.15) is 12.0 Å². The molecule has 2 aromatic carbocycles. The van der Waals surface area contributed by atoms with Crippen molar-refractivity contribution in [2.75, 3.05) is 7.11 Å². The molecule has 6 nitrogen and oxygen atoms in total. The van der Waals surface area contributed by atoms with E-state index in [0.29, 0.717) is 24.7 Å². The molecule has 4 rings (SSSR count). The number of aryl methyl sites for hydroxylation is 1. The van der Waals surface area contributed by atoms with Crippen LogP contribution in [0.15, 0.2) is 59.2 Å². The summed E-state index contributed by atoms with van der Waals surface area (Å²) < 4.78 is 22.8. The summed E-state index contributed by atoms with van der Waals surface area (Å²) in [6.45, 7) is 2.71. The number of esters is 1. The molecule has 1 aliphatic rings. The lowest BCUT2D eigenvalue weighted by molar-refractivity contribution is -0.0563. The second kappa shape index (κ2) is 10.6. The average molecular weight is 436 g/mol. The minimum absolute atomic E-state index is 0.0944. The smallest absolute Gasteiger partial charge is 0.338 e. The van der Waals surface area contributed by atoms with Crippen molar-refractivity contribution in [3.05, 3.63) is 77.2 Å². The Hall–Kier alpha value is -2.96. The summed E-state index contributed by atoms with van der Waals surface area (Å²) in [5, 5.41) is 0. The largest absolute Gasteiger partial charge is 0.465 e. The van der Waals surface area contributed by atoms with Crippen molar-refractivity contribution in [1.29, 1.82) is 0 Å². The van der Waals surface area contributed by atoms with E-state index in [1.807, 2.05) is 55.5 Å². The first-order valence-electron chi connectivity index (χ1n) is 11.0. The highest BCUT2D eigenvalue weighted by molar-refractivity contribution is 5.92. The Morgan fingerprint density at radius 3 is 2.53 bits per heavy atom.